The molecule has 20 heavy (non-hydrogen) atoms. The third kappa shape index (κ3) is 5.49. The average molecular weight is 306 g/mol. The maximum Gasteiger partial charge on any atom is 0.269 e. The van der Waals surface area contributed by atoms with Crippen LogP contribution in [0.5, 0.6) is 0 Å². The van der Waals surface area contributed by atoms with Gasteiger partial charge in [-0.25, -0.2) is 8.78 Å². The van der Waals surface area contributed by atoms with Crippen LogP contribution >= 0.6 is 11.8 Å². The van der Waals surface area contributed by atoms with E-state index in [4.69, 9.17) is 5.11 Å². The summed E-state index contributed by atoms with van der Waals surface area (Å²) in [5, 5.41) is 21.4. The molecule has 6 nitrogen and oxygen atoms in total. The van der Waals surface area contributed by atoms with Gasteiger partial charge in [-0.05, 0) is 12.1 Å². The van der Waals surface area contributed by atoms with Crippen molar-refractivity contribution in [1.82, 2.24) is 5.32 Å². The van der Waals surface area contributed by atoms with Gasteiger partial charge in [0.1, 0.15) is 6.10 Å². The molecule has 0 aliphatic heterocycles. The molecule has 1 amide bonds. The topological polar surface area (TPSA) is 92.5 Å². The standard InChI is InChI=1S/C11H12F2N2O4S/c12-11(13)9(16)5-14-10(17)6-20-8-3-1-7(2-4-8)15(18)19/h1-4,9,11,16H,5-6H2,(H,14,17). The quantitative estimate of drug-likeness (QED) is 0.451. The van der Waals surface area contributed by atoms with E-state index in [9.17, 15) is 23.7 Å². The number of amides is 1. The second-order valence-electron chi connectivity index (χ2n) is 3.75. The monoisotopic (exact) mass is 306 g/mol. The Morgan fingerprint density at radius 3 is 2.50 bits per heavy atom. The molecule has 0 aliphatic rings. The molecule has 0 bridgehead atoms. The molecule has 1 unspecified atom stereocenters. The molecule has 0 radical (unpaired) electrons. The smallest absolute Gasteiger partial charge is 0.269 e. The summed E-state index contributed by atoms with van der Waals surface area (Å²) in [5.74, 6) is -0.540. The SMILES string of the molecule is O=C(CSc1ccc([N+](=O)[O-])cc1)NCC(O)C(F)F. The van der Waals surface area contributed by atoms with Gasteiger partial charge in [-0.1, -0.05) is 0 Å². The highest BCUT2D eigenvalue weighted by Crippen LogP contribution is 2.20. The maximum atomic E-state index is 12.0. The van der Waals surface area contributed by atoms with Crippen molar-refractivity contribution in [3.8, 4) is 0 Å². The van der Waals surface area contributed by atoms with Crippen molar-refractivity contribution in [3.05, 3.63) is 34.4 Å². The van der Waals surface area contributed by atoms with E-state index in [2.05, 4.69) is 5.32 Å². The first-order valence-electron chi connectivity index (χ1n) is 5.50. The first kappa shape index (κ1) is 16.3. The molecule has 1 aromatic rings. The minimum atomic E-state index is -2.90. The van der Waals surface area contributed by atoms with Crippen LogP contribution in [-0.4, -0.2) is 40.8 Å². The van der Waals surface area contributed by atoms with Crippen LogP contribution in [-0.2, 0) is 4.79 Å². The van der Waals surface area contributed by atoms with Gasteiger partial charge in [0.2, 0.25) is 5.91 Å². The number of rotatable bonds is 7. The van der Waals surface area contributed by atoms with Gasteiger partial charge >= 0.3 is 0 Å². The molecule has 0 aromatic heterocycles. The number of aliphatic hydroxyl groups is 1. The van der Waals surface area contributed by atoms with Crippen LogP contribution in [0.25, 0.3) is 0 Å². The minimum Gasteiger partial charge on any atom is -0.385 e. The predicted molar refractivity (Wildman–Crippen MR) is 68.8 cm³/mol. The van der Waals surface area contributed by atoms with Gasteiger partial charge < -0.3 is 10.4 Å². The highest BCUT2D eigenvalue weighted by Gasteiger charge is 2.17. The Bertz CT molecular complexity index is 470. The normalized spacial score (nSPS) is 12.2. The Kier molecular flexibility index (Phi) is 6.32. The van der Waals surface area contributed by atoms with Crippen LogP contribution < -0.4 is 5.32 Å². The lowest BCUT2D eigenvalue weighted by Crippen LogP contribution is -2.36. The zero-order valence-electron chi connectivity index (χ0n) is 10.2. The average Bonchev–Trinajstić information content (AvgIpc) is 2.42. The number of halogens is 2. The second kappa shape index (κ2) is 7.75. The molecule has 0 saturated heterocycles. The summed E-state index contributed by atoms with van der Waals surface area (Å²) in [7, 11) is 0. The van der Waals surface area contributed by atoms with Crippen molar-refractivity contribution in [3.63, 3.8) is 0 Å². The van der Waals surface area contributed by atoms with Crippen molar-refractivity contribution in [2.45, 2.75) is 17.4 Å². The zero-order chi connectivity index (χ0) is 15.1. The van der Waals surface area contributed by atoms with Crippen LogP contribution in [0.3, 0.4) is 0 Å². The molecule has 1 rings (SSSR count). The fourth-order valence-electron chi connectivity index (χ4n) is 1.17. The highest BCUT2D eigenvalue weighted by atomic mass is 32.2. The van der Waals surface area contributed by atoms with Gasteiger partial charge in [-0.3, -0.25) is 14.9 Å². The van der Waals surface area contributed by atoms with Gasteiger partial charge in [-0.2, -0.15) is 0 Å². The number of benzene rings is 1. The van der Waals surface area contributed by atoms with Gasteiger partial charge in [0.25, 0.3) is 12.1 Å². The predicted octanol–water partition coefficient (Wildman–Crippen LogP) is 1.43. The number of thioether (sulfide) groups is 1. The van der Waals surface area contributed by atoms with Gasteiger partial charge in [0.05, 0.1) is 10.7 Å². The minimum absolute atomic E-state index is 0.0340. The van der Waals surface area contributed by atoms with E-state index in [0.717, 1.165) is 11.8 Å². The Balaban J connectivity index is 2.35. The molecule has 0 aliphatic carbocycles. The lowest BCUT2D eigenvalue weighted by molar-refractivity contribution is -0.384. The van der Waals surface area contributed by atoms with E-state index >= 15 is 0 Å². The third-order valence-electron chi connectivity index (χ3n) is 2.22. The van der Waals surface area contributed by atoms with Crippen molar-refractivity contribution < 1.29 is 23.6 Å². The molecule has 0 fully saturated rings. The molecule has 1 aromatic carbocycles. The number of alkyl halides is 2. The Morgan fingerprint density at radius 2 is 2.00 bits per heavy atom. The van der Waals surface area contributed by atoms with Crippen molar-refractivity contribution in [2.24, 2.45) is 0 Å². The van der Waals surface area contributed by atoms with Crippen LogP contribution in [0.1, 0.15) is 0 Å². The number of hydrogen-bond acceptors (Lipinski definition) is 5. The number of nitro groups is 1. The Labute approximate surface area is 117 Å². The van der Waals surface area contributed by atoms with E-state index < -0.39 is 29.9 Å². The molecule has 0 saturated carbocycles. The first-order valence-corrected chi connectivity index (χ1v) is 6.49. The summed E-state index contributed by atoms with van der Waals surface area (Å²) >= 11 is 1.11. The largest absolute Gasteiger partial charge is 0.385 e. The first-order chi connectivity index (χ1) is 9.40. The second-order valence-corrected chi connectivity index (χ2v) is 4.79. The zero-order valence-corrected chi connectivity index (χ0v) is 11.0. The lowest BCUT2D eigenvalue weighted by atomic mass is 10.3. The summed E-state index contributed by atoms with van der Waals surface area (Å²) < 4.78 is 23.9. The Morgan fingerprint density at radius 1 is 1.40 bits per heavy atom. The fraction of sp³-hybridized carbons (Fsp3) is 0.364. The molecule has 1 atom stereocenters. The summed E-state index contributed by atoms with van der Waals surface area (Å²) in [5.41, 5.74) is -0.0566. The molecule has 2 N–H and O–H groups in total. The maximum absolute atomic E-state index is 12.0. The lowest BCUT2D eigenvalue weighted by Gasteiger charge is -2.10. The number of nitrogens with one attached hydrogen (secondary N) is 1. The Hall–Kier alpha value is -1.74. The number of carbonyl (C=O) groups excluding carboxylic acids is 1. The van der Waals surface area contributed by atoms with Crippen LogP contribution in [0.4, 0.5) is 14.5 Å². The molecular weight excluding hydrogens is 294 g/mol. The van der Waals surface area contributed by atoms with Crippen LogP contribution in [0, 0.1) is 10.1 Å². The highest BCUT2D eigenvalue weighted by molar-refractivity contribution is 8.00. The van der Waals surface area contributed by atoms with E-state index in [0.29, 0.717) is 4.90 Å². The van der Waals surface area contributed by atoms with E-state index in [1.165, 1.54) is 24.3 Å². The summed E-state index contributed by atoms with van der Waals surface area (Å²) in [6.45, 7) is -0.517. The van der Waals surface area contributed by atoms with Gasteiger partial charge in [0.15, 0.2) is 0 Å². The molecule has 0 heterocycles. The summed E-state index contributed by atoms with van der Waals surface area (Å²) in [6, 6.07) is 5.59. The van der Waals surface area contributed by atoms with Crippen molar-refractivity contribution in [2.75, 3.05) is 12.3 Å². The van der Waals surface area contributed by atoms with Crippen molar-refractivity contribution >= 4 is 23.4 Å². The fourth-order valence-corrected chi connectivity index (χ4v) is 1.90. The number of carbonyl (C=O) groups is 1. The summed E-state index contributed by atoms with van der Waals surface area (Å²) in [4.78, 5) is 21.9. The summed E-state index contributed by atoms with van der Waals surface area (Å²) in [6.07, 6.45) is -4.79. The molecule has 0 spiro atoms. The number of nitrogens with zero attached hydrogens (tertiary/aromatic N) is 1. The van der Waals surface area contributed by atoms with Crippen LogP contribution in [0.2, 0.25) is 0 Å². The molecule has 110 valence electrons. The third-order valence-corrected chi connectivity index (χ3v) is 3.23. The van der Waals surface area contributed by atoms with E-state index in [-0.39, 0.29) is 11.4 Å². The molecule has 9 heteroatoms. The van der Waals surface area contributed by atoms with E-state index in [1.54, 1.807) is 0 Å². The van der Waals surface area contributed by atoms with Crippen molar-refractivity contribution in [1.29, 1.82) is 0 Å². The number of non-ortho nitro benzene ring substituents is 1. The van der Waals surface area contributed by atoms with Gasteiger partial charge in [0, 0.05) is 23.6 Å². The number of hydrogen-bond donors (Lipinski definition) is 2. The van der Waals surface area contributed by atoms with Gasteiger partial charge in [-0.15, -0.1) is 11.8 Å². The van der Waals surface area contributed by atoms with E-state index in [1.807, 2.05) is 0 Å². The number of aliphatic hydroxyl groups excluding tert-OH is 1. The van der Waals surface area contributed by atoms with Crippen LogP contribution in [0.15, 0.2) is 29.2 Å². The molecular formula is C11H12F2N2O4S. The number of nitro benzene ring substituents is 1.